The Morgan fingerprint density at radius 2 is 1.44 bits per heavy atom. The summed E-state index contributed by atoms with van der Waals surface area (Å²) in [6, 6.07) is 34.0. The number of benzene rings is 4. The summed E-state index contributed by atoms with van der Waals surface area (Å²) in [5.74, 6) is 1.36. The maximum Gasteiger partial charge on any atom is 0.123 e. The maximum atomic E-state index is 10.9. The van der Waals surface area contributed by atoms with Crippen LogP contribution in [0.25, 0.3) is 0 Å². The normalized spacial score (nSPS) is 16.7. The van der Waals surface area contributed by atoms with Gasteiger partial charge in [-0.15, -0.1) is 0 Å². The molecule has 0 radical (unpaired) electrons. The summed E-state index contributed by atoms with van der Waals surface area (Å²) in [6.45, 7) is 1.48. The van der Waals surface area contributed by atoms with Crippen molar-refractivity contribution in [2.75, 3.05) is 18.1 Å². The van der Waals surface area contributed by atoms with E-state index < -0.39 is 0 Å². The average Bonchev–Trinajstić information content (AvgIpc) is 3.45. The van der Waals surface area contributed by atoms with Gasteiger partial charge in [-0.2, -0.15) is 0 Å². The first-order valence-corrected chi connectivity index (χ1v) is 11.2. The number of nitrogens with zero attached hydrogens (tertiary/aromatic N) is 1. The first-order valence-electron chi connectivity index (χ1n) is 11.2. The van der Waals surface area contributed by atoms with Crippen LogP contribution in [0.15, 0.2) is 97.1 Å². The molecule has 0 amide bonds. The third-order valence-corrected chi connectivity index (χ3v) is 6.76. The van der Waals surface area contributed by atoms with Gasteiger partial charge in [-0.1, -0.05) is 78.9 Å². The molecular formula is C29H25NO2. The second-order valence-corrected chi connectivity index (χ2v) is 8.60. The maximum absolute atomic E-state index is 10.9. The highest BCUT2D eigenvalue weighted by atomic mass is 16.5. The molecule has 2 aliphatic heterocycles. The van der Waals surface area contributed by atoms with Gasteiger partial charge in [0.2, 0.25) is 0 Å². The molecule has 32 heavy (non-hydrogen) atoms. The van der Waals surface area contributed by atoms with Crippen LogP contribution in [0.2, 0.25) is 0 Å². The molecule has 0 saturated heterocycles. The summed E-state index contributed by atoms with van der Waals surface area (Å²) >= 11 is 0. The second kappa shape index (κ2) is 7.76. The van der Waals surface area contributed by atoms with Crippen molar-refractivity contribution in [3.63, 3.8) is 0 Å². The number of hydrogen-bond acceptors (Lipinski definition) is 3. The Morgan fingerprint density at radius 3 is 2.16 bits per heavy atom. The van der Waals surface area contributed by atoms with Crippen molar-refractivity contribution < 1.29 is 9.84 Å². The Morgan fingerprint density at radius 1 is 0.781 bits per heavy atom. The molecule has 2 aliphatic rings. The monoisotopic (exact) mass is 419 g/mol. The first-order chi connectivity index (χ1) is 15.8. The van der Waals surface area contributed by atoms with Crippen LogP contribution in [0.1, 0.15) is 39.8 Å². The molecule has 1 atom stereocenters. The van der Waals surface area contributed by atoms with Crippen LogP contribution in [0.5, 0.6) is 11.5 Å². The number of fused-ring (bicyclic) bond motifs is 2. The van der Waals surface area contributed by atoms with E-state index in [4.69, 9.17) is 4.74 Å². The molecule has 2 heterocycles. The summed E-state index contributed by atoms with van der Waals surface area (Å²) in [6.07, 6.45) is 0.862. The van der Waals surface area contributed by atoms with Gasteiger partial charge in [0.25, 0.3) is 0 Å². The smallest absolute Gasteiger partial charge is 0.123 e. The molecular weight excluding hydrogens is 394 g/mol. The molecule has 0 saturated carbocycles. The zero-order valence-corrected chi connectivity index (χ0v) is 17.8. The van der Waals surface area contributed by atoms with Gasteiger partial charge in [0.15, 0.2) is 0 Å². The van der Waals surface area contributed by atoms with E-state index in [-0.39, 0.29) is 12.0 Å². The van der Waals surface area contributed by atoms with Gasteiger partial charge < -0.3 is 14.7 Å². The number of phenolic OH excluding ortho intramolecular Hbond substituents is 1. The first kappa shape index (κ1) is 19.0. The third kappa shape index (κ3) is 3.13. The van der Waals surface area contributed by atoms with Crippen molar-refractivity contribution in [3.8, 4) is 11.5 Å². The number of hydrogen-bond donors (Lipinski definition) is 1. The number of anilines is 1. The van der Waals surface area contributed by atoms with E-state index in [9.17, 15) is 5.11 Å². The van der Waals surface area contributed by atoms with Crippen LogP contribution < -0.4 is 9.64 Å². The number of rotatable bonds is 4. The quantitative estimate of drug-likeness (QED) is 0.436. The van der Waals surface area contributed by atoms with Crippen molar-refractivity contribution in [2.45, 2.75) is 18.4 Å². The lowest BCUT2D eigenvalue weighted by Gasteiger charge is -2.32. The van der Waals surface area contributed by atoms with Gasteiger partial charge in [-0.25, -0.2) is 0 Å². The molecule has 0 aromatic heterocycles. The van der Waals surface area contributed by atoms with Crippen molar-refractivity contribution in [1.82, 2.24) is 0 Å². The lowest BCUT2D eigenvalue weighted by molar-refractivity contribution is 0.356. The molecule has 1 N–H and O–H groups in total. The van der Waals surface area contributed by atoms with Crippen LogP contribution in [0.3, 0.4) is 0 Å². The van der Waals surface area contributed by atoms with Gasteiger partial charge in [-0.3, -0.25) is 0 Å². The minimum absolute atomic E-state index is 0.0793. The van der Waals surface area contributed by atoms with Crippen LogP contribution in [0, 0.1) is 0 Å². The highest BCUT2D eigenvalue weighted by Gasteiger charge is 2.36. The SMILES string of the molecule is Oc1cc2c(cc1C1CN(C(c3ccccc3)c3ccccc3)c3ccccc31)OCC2. The van der Waals surface area contributed by atoms with Gasteiger partial charge in [-0.05, 0) is 34.9 Å². The predicted molar refractivity (Wildman–Crippen MR) is 128 cm³/mol. The molecule has 0 bridgehead atoms. The molecule has 4 aromatic carbocycles. The van der Waals surface area contributed by atoms with Gasteiger partial charge >= 0.3 is 0 Å². The third-order valence-electron chi connectivity index (χ3n) is 6.76. The molecule has 4 aromatic rings. The highest BCUT2D eigenvalue weighted by molar-refractivity contribution is 5.67. The van der Waals surface area contributed by atoms with Crippen molar-refractivity contribution in [3.05, 3.63) is 125 Å². The Kier molecular flexibility index (Phi) is 4.61. The number of phenols is 1. The van der Waals surface area contributed by atoms with Crippen molar-refractivity contribution in [2.24, 2.45) is 0 Å². The van der Waals surface area contributed by atoms with Crippen LogP contribution >= 0.6 is 0 Å². The summed E-state index contributed by atoms with van der Waals surface area (Å²) < 4.78 is 5.83. The average molecular weight is 420 g/mol. The lowest BCUT2D eigenvalue weighted by Crippen LogP contribution is -2.28. The largest absolute Gasteiger partial charge is 0.508 e. The molecule has 6 rings (SSSR count). The van der Waals surface area contributed by atoms with E-state index in [0.717, 1.165) is 29.8 Å². The van der Waals surface area contributed by atoms with Crippen LogP contribution in [-0.2, 0) is 6.42 Å². The lowest BCUT2D eigenvalue weighted by atomic mass is 9.91. The predicted octanol–water partition coefficient (Wildman–Crippen LogP) is 6.07. The van der Waals surface area contributed by atoms with Gasteiger partial charge in [0, 0.05) is 35.7 Å². The fourth-order valence-corrected chi connectivity index (χ4v) is 5.28. The molecule has 0 aliphatic carbocycles. The van der Waals surface area contributed by atoms with Crippen molar-refractivity contribution >= 4 is 5.69 Å². The molecule has 3 nitrogen and oxygen atoms in total. The zero-order chi connectivity index (χ0) is 21.5. The van der Waals surface area contributed by atoms with E-state index in [2.05, 4.69) is 95.9 Å². The van der Waals surface area contributed by atoms with Gasteiger partial charge in [0.1, 0.15) is 11.5 Å². The summed E-state index contributed by atoms with van der Waals surface area (Å²) in [7, 11) is 0. The minimum atomic E-state index is 0.0793. The second-order valence-electron chi connectivity index (χ2n) is 8.60. The molecule has 3 heteroatoms. The molecule has 1 unspecified atom stereocenters. The Balaban J connectivity index is 1.48. The fourth-order valence-electron chi connectivity index (χ4n) is 5.28. The highest BCUT2D eigenvalue weighted by Crippen LogP contribution is 2.48. The van der Waals surface area contributed by atoms with Crippen LogP contribution in [-0.4, -0.2) is 18.3 Å². The fraction of sp³-hybridized carbons (Fsp3) is 0.172. The molecule has 158 valence electrons. The standard InChI is InChI=1S/C29H25NO2/c31-27-17-22-15-16-32-28(22)18-24(27)25-19-30(26-14-8-7-13-23(25)26)29(20-9-3-1-4-10-20)21-11-5-2-6-12-21/h1-14,17-18,25,29,31H,15-16,19H2. The Hall–Kier alpha value is -3.72. The van der Waals surface area contributed by atoms with Crippen LogP contribution in [0.4, 0.5) is 5.69 Å². The summed E-state index contributed by atoms with van der Waals surface area (Å²) in [4.78, 5) is 2.48. The Labute approximate surface area is 188 Å². The zero-order valence-electron chi connectivity index (χ0n) is 17.8. The van der Waals surface area contributed by atoms with E-state index in [0.29, 0.717) is 12.4 Å². The molecule has 0 fully saturated rings. The summed E-state index contributed by atoms with van der Waals surface area (Å²) in [5, 5.41) is 10.9. The number of para-hydroxylation sites is 1. The summed E-state index contributed by atoms with van der Waals surface area (Å²) in [5.41, 5.74) is 7.03. The van der Waals surface area contributed by atoms with E-state index in [1.807, 2.05) is 6.07 Å². The topological polar surface area (TPSA) is 32.7 Å². The van der Waals surface area contributed by atoms with E-state index in [1.165, 1.54) is 22.4 Å². The number of aromatic hydroxyl groups is 1. The van der Waals surface area contributed by atoms with E-state index >= 15 is 0 Å². The van der Waals surface area contributed by atoms with Crippen molar-refractivity contribution in [1.29, 1.82) is 0 Å². The van der Waals surface area contributed by atoms with Gasteiger partial charge in [0.05, 0.1) is 12.6 Å². The van der Waals surface area contributed by atoms with E-state index in [1.54, 1.807) is 0 Å². The minimum Gasteiger partial charge on any atom is -0.508 e. The number of ether oxygens (including phenoxy) is 1. The Bertz CT molecular complexity index is 1210. The molecule has 0 spiro atoms.